The average molecular weight is 598 g/mol. The van der Waals surface area contributed by atoms with E-state index in [1.54, 1.807) is 32.2 Å². The number of aromatic hydroxyl groups is 1. The normalized spacial score (nSPS) is 14.1. The molecule has 12 heteroatoms. The van der Waals surface area contributed by atoms with Crippen LogP contribution in [0.1, 0.15) is 31.4 Å². The van der Waals surface area contributed by atoms with Crippen LogP contribution in [0.3, 0.4) is 0 Å². The van der Waals surface area contributed by atoms with E-state index in [0.717, 1.165) is 16.5 Å². The maximum absolute atomic E-state index is 13.6. The van der Waals surface area contributed by atoms with Crippen molar-refractivity contribution in [3.8, 4) is 5.75 Å². The van der Waals surface area contributed by atoms with Crippen LogP contribution >= 0.6 is 11.8 Å². The van der Waals surface area contributed by atoms with E-state index in [1.165, 1.54) is 23.9 Å². The van der Waals surface area contributed by atoms with E-state index in [9.17, 15) is 29.4 Å². The zero-order valence-electron chi connectivity index (χ0n) is 23.9. The highest BCUT2D eigenvalue weighted by molar-refractivity contribution is 7.98. The molecule has 3 aromatic rings. The van der Waals surface area contributed by atoms with Crippen molar-refractivity contribution < 1.29 is 29.4 Å². The summed E-state index contributed by atoms with van der Waals surface area (Å²) in [6.07, 6.45) is 4.21. The van der Waals surface area contributed by atoms with Crippen LogP contribution in [0.2, 0.25) is 0 Å². The summed E-state index contributed by atoms with van der Waals surface area (Å²) in [5.74, 6) is -2.75. The minimum Gasteiger partial charge on any atom is -0.508 e. The highest BCUT2D eigenvalue weighted by Crippen LogP contribution is 2.19. The van der Waals surface area contributed by atoms with Gasteiger partial charge in [0.2, 0.25) is 17.7 Å². The lowest BCUT2D eigenvalue weighted by molar-refractivity contribution is -0.143. The molecule has 1 heterocycles. The van der Waals surface area contributed by atoms with Crippen molar-refractivity contribution in [2.75, 3.05) is 12.0 Å². The van der Waals surface area contributed by atoms with Crippen LogP contribution < -0.4 is 21.7 Å². The number of carboxylic acid groups (broad SMARTS) is 1. The Morgan fingerprint density at radius 1 is 0.905 bits per heavy atom. The average Bonchev–Trinajstić information content (AvgIpc) is 3.36. The molecule has 2 aromatic carbocycles. The van der Waals surface area contributed by atoms with Gasteiger partial charge in [0, 0.05) is 23.5 Å². The van der Waals surface area contributed by atoms with Gasteiger partial charge in [-0.15, -0.1) is 0 Å². The summed E-state index contributed by atoms with van der Waals surface area (Å²) in [5.41, 5.74) is 8.72. The number of phenolic OH excluding ortho intramolecular Hbond substituents is 1. The van der Waals surface area contributed by atoms with E-state index >= 15 is 0 Å². The Labute approximate surface area is 249 Å². The van der Waals surface area contributed by atoms with Crippen molar-refractivity contribution >= 4 is 46.4 Å². The van der Waals surface area contributed by atoms with Crippen LogP contribution in [0.5, 0.6) is 5.75 Å². The molecule has 0 spiro atoms. The number of fused-ring (bicyclic) bond motifs is 1. The standard InChI is InChI=1S/C30H39N5O6S/c1-17(2)26(30(40)41)35-28(38)24(12-13-42-3)33-29(39)25(14-18-8-10-20(36)11-9-18)34-27(37)22(31)15-19-16-32-23-7-5-4-6-21(19)23/h4-11,16-17,22,24-26,32,36H,12-15,31H2,1-3H3,(H,33,39)(H,34,37)(H,35,38)(H,40,41). The maximum Gasteiger partial charge on any atom is 0.326 e. The first-order valence-electron chi connectivity index (χ1n) is 13.7. The summed E-state index contributed by atoms with van der Waals surface area (Å²) in [5, 5.41) is 28.1. The first-order valence-corrected chi connectivity index (χ1v) is 15.1. The van der Waals surface area contributed by atoms with Crippen molar-refractivity contribution in [2.24, 2.45) is 11.7 Å². The lowest BCUT2D eigenvalue weighted by atomic mass is 10.0. The molecule has 0 aliphatic heterocycles. The quantitative estimate of drug-likeness (QED) is 0.138. The van der Waals surface area contributed by atoms with E-state index in [4.69, 9.17) is 5.73 Å². The van der Waals surface area contributed by atoms with Gasteiger partial charge in [0.25, 0.3) is 0 Å². The number of aromatic amines is 1. The molecule has 3 rings (SSSR count). The van der Waals surface area contributed by atoms with Crippen LogP contribution in [0, 0.1) is 5.92 Å². The Hall–Kier alpha value is -4.03. The first kappa shape index (κ1) is 32.5. The number of nitrogens with two attached hydrogens (primary N) is 1. The number of aromatic nitrogens is 1. The lowest BCUT2D eigenvalue weighted by Crippen LogP contribution is -2.58. The summed E-state index contributed by atoms with van der Waals surface area (Å²) < 4.78 is 0. The van der Waals surface area contributed by atoms with Gasteiger partial charge in [-0.05, 0) is 60.1 Å². The fourth-order valence-electron chi connectivity index (χ4n) is 4.53. The van der Waals surface area contributed by atoms with E-state index in [0.29, 0.717) is 11.3 Å². The molecule has 0 aliphatic rings. The number of rotatable bonds is 15. The second-order valence-corrected chi connectivity index (χ2v) is 11.5. The second-order valence-electron chi connectivity index (χ2n) is 10.5. The van der Waals surface area contributed by atoms with Crippen LogP contribution in [0.15, 0.2) is 54.7 Å². The predicted octanol–water partition coefficient (Wildman–Crippen LogP) is 1.93. The molecule has 11 nitrogen and oxygen atoms in total. The first-order chi connectivity index (χ1) is 20.0. The van der Waals surface area contributed by atoms with Gasteiger partial charge in [0.15, 0.2) is 0 Å². The van der Waals surface area contributed by atoms with Crippen LogP contribution in [-0.2, 0) is 32.0 Å². The van der Waals surface area contributed by atoms with Crippen molar-refractivity contribution in [1.29, 1.82) is 0 Å². The topological polar surface area (TPSA) is 187 Å². The van der Waals surface area contributed by atoms with Crippen LogP contribution in [0.4, 0.5) is 0 Å². The lowest BCUT2D eigenvalue weighted by Gasteiger charge is -2.26. The number of para-hydroxylation sites is 1. The maximum atomic E-state index is 13.6. The van der Waals surface area contributed by atoms with Crippen molar-refractivity contribution in [1.82, 2.24) is 20.9 Å². The van der Waals surface area contributed by atoms with Gasteiger partial charge in [-0.3, -0.25) is 14.4 Å². The second kappa shape index (κ2) is 15.3. The molecule has 42 heavy (non-hydrogen) atoms. The summed E-state index contributed by atoms with van der Waals surface area (Å²) in [4.78, 5) is 54.7. The van der Waals surface area contributed by atoms with Crippen LogP contribution in [-0.4, -0.2) is 75.1 Å². The number of amides is 3. The summed E-state index contributed by atoms with van der Waals surface area (Å²) in [6, 6.07) is 9.66. The molecule has 4 unspecified atom stereocenters. The molecule has 0 radical (unpaired) electrons. The highest BCUT2D eigenvalue weighted by Gasteiger charge is 2.31. The zero-order valence-corrected chi connectivity index (χ0v) is 24.7. The molecule has 226 valence electrons. The van der Waals surface area contributed by atoms with E-state index in [1.807, 2.05) is 30.5 Å². The zero-order chi connectivity index (χ0) is 30.8. The largest absolute Gasteiger partial charge is 0.508 e. The molecule has 3 amide bonds. The van der Waals surface area contributed by atoms with E-state index in [-0.39, 0.29) is 30.9 Å². The van der Waals surface area contributed by atoms with Crippen molar-refractivity contribution in [2.45, 2.75) is 57.3 Å². The van der Waals surface area contributed by atoms with E-state index in [2.05, 4.69) is 20.9 Å². The highest BCUT2D eigenvalue weighted by atomic mass is 32.2. The Balaban J connectivity index is 1.78. The molecule has 0 bridgehead atoms. The van der Waals surface area contributed by atoms with Gasteiger partial charge in [0.1, 0.15) is 23.9 Å². The van der Waals surface area contributed by atoms with Gasteiger partial charge in [-0.2, -0.15) is 11.8 Å². The molecular formula is C30H39N5O6S. The van der Waals surface area contributed by atoms with Gasteiger partial charge in [-0.25, -0.2) is 4.79 Å². The number of aliphatic carboxylic acids is 1. The monoisotopic (exact) mass is 597 g/mol. The third-order valence-electron chi connectivity index (χ3n) is 6.93. The molecule has 4 atom stereocenters. The Morgan fingerprint density at radius 3 is 2.19 bits per heavy atom. The molecule has 0 fully saturated rings. The summed E-state index contributed by atoms with van der Waals surface area (Å²) in [6.45, 7) is 3.36. The number of phenols is 1. The Bertz CT molecular complexity index is 1380. The molecule has 1 aromatic heterocycles. The number of carbonyl (C=O) groups excluding carboxylic acids is 3. The molecule has 0 aliphatic carbocycles. The number of H-pyrrole nitrogens is 1. The SMILES string of the molecule is CSCCC(NC(=O)C(Cc1ccc(O)cc1)NC(=O)C(N)Cc1c[nH]c2ccccc12)C(=O)NC(C(=O)O)C(C)C. The molecular weight excluding hydrogens is 558 g/mol. The Morgan fingerprint density at radius 2 is 1.55 bits per heavy atom. The number of carbonyl (C=O) groups is 4. The number of nitrogens with one attached hydrogen (secondary N) is 4. The van der Waals surface area contributed by atoms with Crippen LogP contribution in [0.25, 0.3) is 10.9 Å². The number of hydrogen-bond acceptors (Lipinski definition) is 7. The number of hydrogen-bond donors (Lipinski definition) is 7. The minimum atomic E-state index is -1.17. The molecule has 8 N–H and O–H groups in total. The molecule has 0 saturated carbocycles. The number of benzene rings is 2. The van der Waals surface area contributed by atoms with Gasteiger partial charge in [-0.1, -0.05) is 44.2 Å². The predicted molar refractivity (Wildman–Crippen MR) is 163 cm³/mol. The number of carboxylic acids is 1. The molecule has 0 saturated heterocycles. The third kappa shape index (κ3) is 8.98. The van der Waals surface area contributed by atoms with Gasteiger partial charge in [0.05, 0.1) is 6.04 Å². The fraction of sp³-hybridized carbons (Fsp3) is 0.400. The summed E-state index contributed by atoms with van der Waals surface area (Å²) in [7, 11) is 0. The Kier molecular flexibility index (Phi) is 11.8. The van der Waals surface area contributed by atoms with E-state index < -0.39 is 47.9 Å². The number of thioether (sulfide) groups is 1. The summed E-state index contributed by atoms with van der Waals surface area (Å²) >= 11 is 1.48. The van der Waals surface area contributed by atoms with Gasteiger partial charge >= 0.3 is 5.97 Å². The van der Waals surface area contributed by atoms with Crippen molar-refractivity contribution in [3.05, 3.63) is 65.9 Å². The van der Waals surface area contributed by atoms with Crippen molar-refractivity contribution in [3.63, 3.8) is 0 Å². The van der Waals surface area contributed by atoms with Gasteiger partial charge < -0.3 is 36.9 Å². The fourth-order valence-corrected chi connectivity index (χ4v) is 5.00. The smallest absolute Gasteiger partial charge is 0.326 e. The minimum absolute atomic E-state index is 0.0523. The third-order valence-corrected chi connectivity index (χ3v) is 7.58.